The molecule has 3 aromatic rings. The highest BCUT2D eigenvalue weighted by atomic mass is 19.1. The molecule has 0 aliphatic rings. The summed E-state index contributed by atoms with van der Waals surface area (Å²) in [4.78, 5) is 18.3. The van der Waals surface area contributed by atoms with Gasteiger partial charge in [0.05, 0.1) is 17.3 Å². The van der Waals surface area contributed by atoms with E-state index in [4.69, 9.17) is 9.52 Å². The van der Waals surface area contributed by atoms with E-state index in [9.17, 15) is 9.18 Å². The number of hydrogen-bond acceptors (Lipinski definition) is 3. The standard InChI is InChI=1S/C14H11FN2O3/c15-8-6-10(14(18)19)13-11(7-8)16-12(17-13)4-3-9-2-1-5-20-9/h1-2,5-7H,3-4H2,(H,16,17)(H,18,19). The molecule has 6 heteroatoms. The molecule has 0 saturated carbocycles. The van der Waals surface area contributed by atoms with Crippen LogP contribution in [0.4, 0.5) is 4.39 Å². The van der Waals surface area contributed by atoms with Crippen LogP contribution in [0.2, 0.25) is 0 Å². The third-order valence-corrected chi connectivity index (χ3v) is 3.02. The molecule has 0 spiro atoms. The van der Waals surface area contributed by atoms with E-state index in [-0.39, 0.29) is 11.1 Å². The largest absolute Gasteiger partial charge is 0.478 e. The molecule has 0 atom stereocenters. The topological polar surface area (TPSA) is 79.1 Å². The van der Waals surface area contributed by atoms with E-state index in [1.54, 1.807) is 12.3 Å². The number of nitrogens with zero attached hydrogens (tertiary/aromatic N) is 1. The molecule has 5 nitrogen and oxygen atoms in total. The van der Waals surface area contributed by atoms with Crippen LogP contribution in [0.15, 0.2) is 34.9 Å². The molecular weight excluding hydrogens is 263 g/mol. The van der Waals surface area contributed by atoms with Crippen molar-refractivity contribution in [1.82, 2.24) is 9.97 Å². The van der Waals surface area contributed by atoms with E-state index in [1.165, 1.54) is 6.07 Å². The number of aromatic carboxylic acids is 1. The van der Waals surface area contributed by atoms with E-state index < -0.39 is 11.8 Å². The Morgan fingerprint density at radius 3 is 2.95 bits per heavy atom. The van der Waals surface area contributed by atoms with Crippen LogP contribution < -0.4 is 0 Å². The summed E-state index contributed by atoms with van der Waals surface area (Å²) in [5.41, 5.74) is 0.519. The maximum Gasteiger partial charge on any atom is 0.338 e. The van der Waals surface area contributed by atoms with Gasteiger partial charge in [-0.25, -0.2) is 14.2 Å². The normalized spacial score (nSPS) is 11.1. The average Bonchev–Trinajstić information content (AvgIpc) is 3.03. The molecule has 0 radical (unpaired) electrons. The van der Waals surface area contributed by atoms with Gasteiger partial charge in [-0.1, -0.05) is 0 Å². The summed E-state index contributed by atoms with van der Waals surface area (Å²) in [6.45, 7) is 0. The van der Waals surface area contributed by atoms with Gasteiger partial charge in [0, 0.05) is 12.8 Å². The summed E-state index contributed by atoms with van der Waals surface area (Å²) < 4.78 is 18.6. The van der Waals surface area contributed by atoms with Gasteiger partial charge in [0.15, 0.2) is 0 Å². The zero-order valence-corrected chi connectivity index (χ0v) is 10.4. The minimum absolute atomic E-state index is 0.138. The lowest BCUT2D eigenvalue weighted by Gasteiger charge is -1.95. The number of fused-ring (bicyclic) bond motifs is 1. The molecule has 0 saturated heterocycles. The van der Waals surface area contributed by atoms with Crippen LogP contribution in [0.5, 0.6) is 0 Å². The Kier molecular flexibility index (Phi) is 2.98. The van der Waals surface area contributed by atoms with Crippen molar-refractivity contribution in [3.05, 3.63) is 53.5 Å². The van der Waals surface area contributed by atoms with Gasteiger partial charge < -0.3 is 14.5 Å². The second-order valence-corrected chi connectivity index (χ2v) is 4.42. The van der Waals surface area contributed by atoms with E-state index in [0.29, 0.717) is 24.2 Å². The number of rotatable bonds is 4. The lowest BCUT2D eigenvalue weighted by Crippen LogP contribution is -1.98. The molecule has 0 aliphatic carbocycles. The van der Waals surface area contributed by atoms with Crippen molar-refractivity contribution in [2.75, 3.05) is 0 Å². The molecule has 20 heavy (non-hydrogen) atoms. The maximum atomic E-state index is 13.3. The molecule has 2 aromatic heterocycles. The number of carboxylic acid groups (broad SMARTS) is 1. The van der Waals surface area contributed by atoms with Crippen molar-refractivity contribution < 1.29 is 18.7 Å². The Bertz CT molecular complexity index is 762. The Morgan fingerprint density at radius 2 is 2.25 bits per heavy atom. The zero-order chi connectivity index (χ0) is 14.1. The van der Waals surface area contributed by atoms with Crippen LogP contribution in [-0.4, -0.2) is 21.0 Å². The smallest absolute Gasteiger partial charge is 0.338 e. The van der Waals surface area contributed by atoms with Crippen LogP contribution in [-0.2, 0) is 12.8 Å². The average molecular weight is 274 g/mol. The second-order valence-electron chi connectivity index (χ2n) is 4.42. The van der Waals surface area contributed by atoms with E-state index in [0.717, 1.165) is 11.8 Å². The number of aryl methyl sites for hydroxylation is 2. The van der Waals surface area contributed by atoms with Gasteiger partial charge in [0.25, 0.3) is 0 Å². The highest BCUT2D eigenvalue weighted by Gasteiger charge is 2.15. The fourth-order valence-electron chi connectivity index (χ4n) is 2.11. The van der Waals surface area contributed by atoms with Crippen LogP contribution in [0.25, 0.3) is 11.0 Å². The number of furan rings is 1. The summed E-state index contributed by atoms with van der Waals surface area (Å²) in [6, 6.07) is 5.86. The molecule has 102 valence electrons. The van der Waals surface area contributed by atoms with E-state index in [2.05, 4.69) is 9.97 Å². The van der Waals surface area contributed by atoms with Gasteiger partial charge in [0.1, 0.15) is 22.9 Å². The highest BCUT2D eigenvalue weighted by Crippen LogP contribution is 2.19. The van der Waals surface area contributed by atoms with Gasteiger partial charge >= 0.3 is 5.97 Å². The number of aromatic nitrogens is 2. The van der Waals surface area contributed by atoms with Crippen molar-refractivity contribution >= 4 is 17.0 Å². The number of carbonyl (C=O) groups is 1. The molecular formula is C14H11FN2O3. The first-order valence-electron chi connectivity index (χ1n) is 6.07. The first-order valence-corrected chi connectivity index (χ1v) is 6.07. The molecule has 0 aliphatic heterocycles. The monoisotopic (exact) mass is 274 g/mol. The fourth-order valence-corrected chi connectivity index (χ4v) is 2.11. The second kappa shape index (κ2) is 4.80. The quantitative estimate of drug-likeness (QED) is 0.766. The molecule has 1 aromatic carbocycles. The molecule has 2 N–H and O–H groups in total. The van der Waals surface area contributed by atoms with Gasteiger partial charge in [-0.3, -0.25) is 0 Å². The maximum absolute atomic E-state index is 13.3. The van der Waals surface area contributed by atoms with Crippen molar-refractivity contribution in [2.24, 2.45) is 0 Å². The predicted molar refractivity (Wildman–Crippen MR) is 69.1 cm³/mol. The fraction of sp³-hybridized carbons (Fsp3) is 0.143. The zero-order valence-electron chi connectivity index (χ0n) is 10.4. The molecule has 0 bridgehead atoms. The third-order valence-electron chi connectivity index (χ3n) is 3.02. The van der Waals surface area contributed by atoms with Gasteiger partial charge in [-0.15, -0.1) is 0 Å². The van der Waals surface area contributed by atoms with E-state index in [1.807, 2.05) is 6.07 Å². The van der Waals surface area contributed by atoms with Crippen molar-refractivity contribution in [3.8, 4) is 0 Å². The Hall–Kier alpha value is -2.63. The number of aromatic amines is 1. The van der Waals surface area contributed by atoms with Gasteiger partial charge in [-0.2, -0.15) is 0 Å². The first-order chi connectivity index (χ1) is 9.63. The summed E-state index contributed by atoms with van der Waals surface area (Å²) >= 11 is 0. The predicted octanol–water partition coefficient (Wildman–Crippen LogP) is 2.78. The summed E-state index contributed by atoms with van der Waals surface area (Å²) in [6.07, 6.45) is 2.78. The number of benzene rings is 1. The molecule has 3 rings (SSSR count). The minimum atomic E-state index is -1.20. The van der Waals surface area contributed by atoms with Crippen LogP contribution in [0, 0.1) is 5.82 Å². The van der Waals surface area contributed by atoms with Crippen molar-refractivity contribution in [2.45, 2.75) is 12.8 Å². The summed E-state index contributed by atoms with van der Waals surface area (Å²) in [5, 5.41) is 9.06. The number of imidazole rings is 1. The van der Waals surface area contributed by atoms with Crippen molar-refractivity contribution in [3.63, 3.8) is 0 Å². The minimum Gasteiger partial charge on any atom is -0.478 e. The number of nitrogens with one attached hydrogen (secondary N) is 1. The third kappa shape index (κ3) is 2.27. The van der Waals surface area contributed by atoms with Crippen LogP contribution in [0.3, 0.4) is 0 Å². The van der Waals surface area contributed by atoms with E-state index >= 15 is 0 Å². The highest BCUT2D eigenvalue weighted by molar-refractivity contribution is 6.00. The molecule has 0 unspecified atom stereocenters. The lowest BCUT2D eigenvalue weighted by molar-refractivity contribution is 0.0698. The van der Waals surface area contributed by atoms with Gasteiger partial charge in [-0.05, 0) is 24.3 Å². The number of hydrogen-bond donors (Lipinski definition) is 2. The number of carboxylic acids is 1. The first kappa shape index (κ1) is 12.4. The van der Waals surface area contributed by atoms with Crippen LogP contribution in [0.1, 0.15) is 21.9 Å². The van der Waals surface area contributed by atoms with Gasteiger partial charge in [0.2, 0.25) is 0 Å². The van der Waals surface area contributed by atoms with Crippen LogP contribution >= 0.6 is 0 Å². The Morgan fingerprint density at radius 1 is 1.40 bits per heavy atom. The number of halogens is 1. The molecule has 0 amide bonds. The lowest BCUT2D eigenvalue weighted by atomic mass is 10.2. The van der Waals surface area contributed by atoms with Crippen molar-refractivity contribution in [1.29, 1.82) is 0 Å². The summed E-state index contributed by atoms with van der Waals surface area (Å²) in [5.74, 6) is -0.380. The Balaban J connectivity index is 1.93. The molecule has 0 fully saturated rings. The Labute approximate surface area is 113 Å². The SMILES string of the molecule is O=C(O)c1cc(F)cc2[nH]c(CCc3ccco3)nc12. The number of H-pyrrole nitrogens is 1. The molecule has 2 heterocycles. The summed E-state index contributed by atoms with van der Waals surface area (Å²) in [7, 11) is 0.